The lowest BCUT2D eigenvalue weighted by molar-refractivity contribution is 0.0942. The van der Waals surface area contributed by atoms with Gasteiger partial charge in [-0.15, -0.1) is 0 Å². The van der Waals surface area contributed by atoms with E-state index in [4.69, 9.17) is 0 Å². The maximum atomic E-state index is 12.1. The van der Waals surface area contributed by atoms with Crippen molar-refractivity contribution in [3.05, 3.63) is 18.0 Å². The standard InChI is InChI=1S/C12H19N3O/c1-2-15-11(5-8-14-15)12(16)9-10-3-6-13-7-4-10/h5,8,10,13H,2-4,6-7,9H2,1H3. The van der Waals surface area contributed by atoms with Crippen LogP contribution in [0.1, 0.15) is 36.7 Å². The van der Waals surface area contributed by atoms with Gasteiger partial charge in [-0.3, -0.25) is 9.48 Å². The Hall–Kier alpha value is -1.16. The average molecular weight is 221 g/mol. The van der Waals surface area contributed by atoms with Crippen LogP contribution in [0.3, 0.4) is 0 Å². The van der Waals surface area contributed by atoms with E-state index in [-0.39, 0.29) is 5.78 Å². The fourth-order valence-corrected chi connectivity index (χ4v) is 2.27. The maximum absolute atomic E-state index is 12.1. The van der Waals surface area contributed by atoms with Crippen LogP contribution in [0.4, 0.5) is 0 Å². The average Bonchev–Trinajstić information content (AvgIpc) is 2.78. The highest BCUT2D eigenvalue weighted by atomic mass is 16.1. The molecule has 4 nitrogen and oxygen atoms in total. The van der Waals surface area contributed by atoms with Crippen LogP contribution in [0.15, 0.2) is 12.3 Å². The van der Waals surface area contributed by atoms with Crippen molar-refractivity contribution in [1.29, 1.82) is 0 Å². The summed E-state index contributed by atoms with van der Waals surface area (Å²) in [5.74, 6) is 0.792. The lowest BCUT2D eigenvalue weighted by Gasteiger charge is -2.21. The summed E-state index contributed by atoms with van der Waals surface area (Å²) in [6.07, 6.45) is 4.62. The van der Waals surface area contributed by atoms with Gasteiger partial charge in [0.25, 0.3) is 0 Å². The van der Waals surface area contributed by atoms with Gasteiger partial charge < -0.3 is 5.32 Å². The number of carbonyl (C=O) groups excluding carboxylic acids is 1. The third-order valence-electron chi connectivity index (χ3n) is 3.23. The first-order valence-corrected chi connectivity index (χ1v) is 6.07. The van der Waals surface area contributed by atoms with Crippen molar-refractivity contribution < 1.29 is 4.79 Å². The number of hydrogen-bond acceptors (Lipinski definition) is 3. The smallest absolute Gasteiger partial charge is 0.181 e. The summed E-state index contributed by atoms with van der Waals surface area (Å²) in [6, 6.07) is 1.83. The number of nitrogens with zero attached hydrogens (tertiary/aromatic N) is 2. The molecule has 0 atom stereocenters. The van der Waals surface area contributed by atoms with Crippen LogP contribution in [0, 0.1) is 5.92 Å². The monoisotopic (exact) mass is 221 g/mol. The van der Waals surface area contributed by atoms with E-state index in [1.807, 2.05) is 13.0 Å². The Kier molecular flexibility index (Phi) is 3.72. The number of piperidine rings is 1. The highest BCUT2D eigenvalue weighted by Gasteiger charge is 2.19. The zero-order chi connectivity index (χ0) is 11.4. The summed E-state index contributed by atoms with van der Waals surface area (Å²) < 4.78 is 1.78. The molecule has 2 rings (SSSR count). The Morgan fingerprint density at radius 2 is 2.31 bits per heavy atom. The van der Waals surface area contributed by atoms with Gasteiger partial charge in [-0.1, -0.05) is 0 Å². The largest absolute Gasteiger partial charge is 0.317 e. The molecular weight excluding hydrogens is 202 g/mol. The molecule has 0 saturated carbocycles. The van der Waals surface area contributed by atoms with Crippen LogP contribution in [0.5, 0.6) is 0 Å². The molecule has 0 bridgehead atoms. The van der Waals surface area contributed by atoms with Gasteiger partial charge in [0.1, 0.15) is 5.69 Å². The maximum Gasteiger partial charge on any atom is 0.181 e. The first-order chi connectivity index (χ1) is 7.81. The number of hydrogen-bond donors (Lipinski definition) is 1. The van der Waals surface area contributed by atoms with E-state index in [0.29, 0.717) is 12.3 Å². The summed E-state index contributed by atoms with van der Waals surface area (Å²) in [5.41, 5.74) is 0.765. The van der Waals surface area contributed by atoms with Gasteiger partial charge in [0, 0.05) is 19.2 Å². The van der Waals surface area contributed by atoms with Crippen molar-refractivity contribution in [2.45, 2.75) is 32.7 Å². The lowest BCUT2D eigenvalue weighted by Crippen LogP contribution is -2.29. The summed E-state index contributed by atoms with van der Waals surface area (Å²) in [4.78, 5) is 12.1. The molecule has 1 aliphatic heterocycles. The van der Waals surface area contributed by atoms with E-state index >= 15 is 0 Å². The predicted molar refractivity (Wildman–Crippen MR) is 62.4 cm³/mol. The fourth-order valence-electron chi connectivity index (χ4n) is 2.27. The predicted octanol–water partition coefficient (Wildman–Crippen LogP) is 1.48. The van der Waals surface area contributed by atoms with E-state index in [1.54, 1.807) is 10.9 Å². The highest BCUT2D eigenvalue weighted by molar-refractivity contribution is 5.94. The molecule has 4 heteroatoms. The van der Waals surface area contributed by atoms with E-state index in [2.05, 4.69) is 10.4 Å². The molecule has 1 aliphatic rings. The molecule has 0 unspecified atom stereocenters. The third kappa shape index (κ3) is 2.50. The van der Waals surface area contributed by atoms with Crippen molar-refractivity contribution >= 4 is 5.78 Å². The SMILES string of the molecule is CCn1nccc1C(=O)CC1CCNCC1. The lowest BCUT2D eigenvalue weighted by atomic mass is 9.92. The van der Waals surface area contributed by atoms with Crippen LogP contribution >= 0.6 is 0 Å². The Morgan fingerprint density at radius 3 is 3.00 bits per heavy atom. The van der Waals surface area contributed by atoms with Crippen molar-refractivity contribution in [2.24, 2.45) is 5.92 Å². The van der Waals surface area contributed by atoms with Gasteiger partial charge in [0.15, 0.2) is 5.78 Å². The fraction of sp³-hybridized carbons (Fsp3) is 0.667. The Bertz CT molecular complexity index is 353. The number of ketones is 1. The number of nitrogens with one attached hydrogen (secondary N) is 1. The van der Waals surface area contributed by atoms with Crippen LogP contribution in [-0.4, -0.2) is 28.7 Å². The molecule has 1 aromatic rings. The van der Waals surface area contributed by atoms with Gasteiger partial charge in [-0.2, -0.15) is 5.10 Å². The second kappa shape index (κ2) is 5.25. The molecular formula is C12H19N3O. The molecule has 1 saturated heterocycles. The molecule has 2 heterocycles. The number of aryl methyl sites for hydroxylation is 1. The van der Waals surface area contributed by atoms with Crippen LogP contribution in [0.2, 0.25) is 0 Å². The van der Waals surface area contributed by atoms with Gasteiger partial charge in [-0.25, -0.2) is 0 Å². The minimum absolute atomic E-state index is 0.242. The second-order valence-electron chi connectivity index (χ2n) is 4.35. The zero-order valence-corrected chi connectivity index (χ0v) is 9.78. The van der Waals surface area contributed by atoms with Crippen molar-refractivity contribution in [1.82, 2.24) is 15.1 Å². The van der Waals surface area contributed by atoms with Crippen LogP contribution < -0.4 is 5.32 Å². The molecule has 1 aromatic heterocycles. The number of carbonyl (C=O) groups is 1. The number of aromatic nitrogens is 2. The molecule has 1 N–H and O–H groups in total. The molecule has 0 spiro atoms. The van der Waals surface area contributed by atoms with Crippen molar-refractivity contribution in [3.8, 4) is 0 Å². The van der Waals surface area contributed by atoms with E-state index in [1.165, 1.54) is 0 Å². The first kappa shape index (κ1) is 11.3. The Balaban J connectivity index is 1.96. The van der Waals surface area contributed by atoms with Crippen molar-refractivity contribution in [2.75, 3.05) is 13.1 Å². The topological polar surface area (TPSA) is 46.9 Å². The van der Waals surface area contributed by atoms with Crippen molar-refractivity contribution in [3.63, 3.8) is 0 Å². The minimum Gasteiger partial charge on any atom is -0.317 e. The molecule has 1 fully saturated rings. The first-order valence-electron chi connectivity index (χ1n) is 6.07. The zero-order valence-electron chi connectivity index (χ0n) is 9.78. The molecule has 88 valence electrons. The minimum atomic E-state index is 0.242. The van der Waals surface area contributed by atoms with E-state index in [9.17, 15) is 4.79 Å². The molecule has 0 aliphatic carbocycles. The van der Waals surface area contributed by atoms with Gasteiger partial charge >= 0.3 is 0 Å². The quantitative estimate of drug-likeness (QED) is 0.783. The van der Waals surface area contributed by atoms with Gasteiger partial charge in [0.2, 0.25) is 0 Å². The summed E-state index contributed by atoms with van der Waals surface area (Å²) in [7, 11) is 0. The second-order valence-corrected chi connectivity index (χ2v) is 4.35. The highest BCUT2D eigenvalue weighted by Crippen LogP contribution is 2.18. The summed E-state index contributed by atoms with van der Waals surface area (Å²) in [5, 5.41) is 7.45. The number of Topliss-reactive ketones (excluding diaryl/α,β-unsaturated/α-hetero) is 1. The summed E-state index contributed by atoms with van der Waals surface area (Å²) in [6.45, 7) is 4.87. The molecule has 0 amide bonds. The van der Waals surface area contributed by atoms with Gasteiger partial charge in [-0.05, 0) is 44.8 Å². The van der Waals surface area contributed by atoms with Crippen LogP contribution in [-0.2, 0) is 6.54 Å². The third-order valence-corrected chi connectivity index (χ3v) is 3.23. The normalized spacial score (nSPS) is 17.6. The molecule has 16 heavy (non-hydrogen) atoms. The summed E-state index contributed by atoms with van der Waals surface area (Å²) >= 11 is 0. The Morgan fingerprint density at radius 1 is 1.56 bits per heavy atom. The molecule has 0 radical (unpaired) electrons. The van der Waals surface area contributed by atoms with E-state index < -0.39 is 0 Å². The number of rotatable bonds is 4. The molecule has 0 aromatic carbocycles. The van der Waals surface area contributed by atoms with Gasteiger partial charge in [0.05, 0.1) is 0 Å². The van der Waals surface area contributed by atoms with E-state index in [0.717, 1.165) is 38.2 Å². The Labute approximate surface area is 96.0 Å². The van der Waals surface area contributed by atoms with Crippen LogP contribution in [0.25, 0.3) is 0 Å².